The summed E-state index contributed by atoms with van der Waals surface area (Å²) < 4.78 is 17.5. The lowest BCUT2D eigenvalue weighted by molar-refractivity contribution is 0.170. The monoisotopic (exact) mass is 215 g/mol. The number of aromatic nitrogens is 2. The van der Waals surface area contributed by atoms with Crippen LogP contribution in [0.15, 0.2) is 12.4 Å². The van der Waals surface area contributed by atoms with Crippen molar-refractivity contribution in [3.63, 3.8) is 0 Å². The number of anilines is 1. The van der Waals surface area contributed by atoms with Gasteiger partial charge in [0.1, 0.15) is 0 Å². The third kappa shape index (κ3) is 4.18. The van der Waals surface area contributed by atoms with Crippen LogP contribution in [0.2, 0.25) is 0 Å². The third-order valence-corrected chi connectivity index (χ3v) is 1.80. The van der Waals surface area contributed by atoms with Crippen molar-refractivity contribution in [2.45, 2.75) is 12.5 Å². The van der Waals surface area contributed by atoms with Crippen molar-refractivity contribution in [3.8, 4) is 0 Å². The van der Waals surface area contributed by atoms with Crippen LogP contribution in [0.5, 0.6) is 0 Å². The van der Waals surface area contributed by atoms with Crippen molar-refractivity contribution in [2.75, 3.05) is 25.6 Å². The summed E-state index contributed by atoms with van der Waals surface area (Å²) in [7, 11) is 1.57. The van der Waals surface area contributed by atoms with E-state index in [1.165, 1.54) is 0 Å². The second-order valence-corrected chi connectivity index (χ2v) is 3.03. The summed E-state index contributed by atoms with van der Waals surface area (Å²) in [5.41, 5.74) is 0. The van der Waals surface area contributed by atoms with Gasteiger partial charge in [0.15, 0.2) is 5.82 Å². The molecule has 1 rings (SSSR count). The van der Waals surface area contributed by atoms with Crippen molar-refractivity contribution in [1.82, 2.24) is 9.97 Å². The molecule has 0 spiro atoms. The maximum Gasteiger partial charge on any atom is 0.223 e. The van der Waals surface area contributed by atoms with E-state index >= 15 is 0 Å². The number of aliphatic hydroxyl groups is 1. The van der Waals surface area contributed by atoms with Crippen LogP contribution >= 0.6 is 0 Å². The van der Waals surface area contributed by atoms with Gasteiger partial charge in [-0.3, -0.25) is 0 Å². The summed E-state index contributed by atoms with van der Waals surface area (Å²) in [6, 6.07) is -0.0783. The smallest absolute Gasteiger partial charge is 0.223 e. The van der Waals surface area contributed by atoms with E-state index in [1.807, 2.05) is 0 Å². The molecule has 6 heteroatoms. The molecule has 0 amide bonds. The van der Waals surface area contributed by atoms with Gasteiger partial charge in [-0.15, -0.1) is 0 Å². The average molecular weight is 215 g/mol. The fourth-order valence-corrected chi connectivity index (χ4v) is 1.12. The van der Waals surface area contributed by atoms with Crippen LogP contribution < -0.4 is 5.32 Å². The van der Waals surface area contributed by atoms with Crippen LogP contribution in [0.1, 0.15) is 6.42 Å². The molecule has 0 bridgehead atoms. The Kier molecular flexibility index (Phi) is 4.92. The van der Waals surface area contributed by atoms with Crippen molar-refractivity contribution >= 4 is 5.95 Å². The lowest BCUT2D eigenvalue weighted by Gasteiger charge is -2.16. The Balaban J connectivity index is 2.53. The van der Waals surface area contributed by atoms with E-state index in [1.54, 1.807) is 7.11 Å². The molecule has 1 aromatic heterocycles. The van der Waals surface area contributed by atoms with Crippen LogP contribution in [0.25, 0.3) is 0 Å². The minimum atomic E-state index is -0.481. The van der Waals surface area contributed by atoms with E-state index in [4.69, 9.17) is 9.84 Å². The summed E-state index contributed by atoms with van der Waals surface area (Å²) in [6.07, 6.45) is 2.69. The SMILES string of the molecule is COCC(CCO)Nc1ncc(F)cn1. The first-order chi connectivity index (χ1) is 7.26. The highest BCUT2D eigenvalue weighted by molar-refractivity contribution is 5.24. The van der Waals surface area contributed by atoms with Gasteiger partial charge < -0.3 is 15.2 Å². The number of hydrogen-bond acceptors (Lipinski definition) is 5. The molecule has 1 unspecified atom stereocenters. The predicted octanol–water partition coefficient (Wildman–Crippen LogP) is 0.425. The quantitative estimate of drug-likeness (QED) is 0.720. The molecule has 1 aromatic rings. The maximum absolute atomic E-state index is 12.5. The Morgan fingerprint density at radius 2 is 2.20 bits per heavy atom. The molecular weight excluding hydrogens is 201 g/mol. The number of ether oxygens (including phenoxy) is 1. The number of nitrogens with one attached hydrogen (secondary N) is 1. The minimum Gasteiger partial charge on any atom is -0.396 e. The number of halogens is 1. The van der Waals surface area contributed by atoms with Gasteiger partial charge in [-0.25, -0.2) is 14.4 Å². The average Bonchev–Trinajstić information content (AvgIpc) is 2.22. The molecule has 84 valence electrons. The van der Waals surface area contributed by atoms with Crippen molar-refractivity contribution in [3.05, 3.63) is 18.2 Å². The van der Waals surface area contributed by atoms with E-state index in [-0.39, 0.29) is 12.6 Å². The van der Waals surface area contributed by atoms with Gasteiger partial charge in [-0.1, -0.05) is 0 Å². The van der Waals surface area contributed by atoms with Crippen molar-refractivity contribution in [1.29, 1.82) is 0 Å². The number of nitrogens with zero attached hydrogens (tertiary/aromatic N) is 2. The molecule has 15 heavy (non-hydrogen) atoms. The Morgan fingerprint density at radius 3 is 2.73 bits per heavy atom. The van der Waals surface area contributed by atoms with E-state index in [9.17, 15) is 4.39 Å². The molecule has 0 fully saturated rings. The number of hydrogen-bond donors (Lipinski definition) is 2. The summed E-state index contributed by atoms with van der Waals surface area (Å²) in [5.74, 6) is -0.155. The van der Waals surface area contributed by atoms with Gasteiger partial charge in [0.25, 0.3) is 0 Å². The third-order valence-electron chi connectivity index (χ3n) is 1.80. The number of methoxy groups -OCH3 is 1. The number of rotatable bonds is 6. The van der Waals surface area contributed by atoms with E-state index < -0.39 is 5.82 Å². The second-order valence-electron chi connectivity index (χ2n) is 3.03. The van der Waals surface area contributed by atoms with E-state index in [2.05, 4.69) is 15.3 Å². The molecule has 1 heterocycles. The maximum atomic E-state index is 12.5. The predicted molar refractivity (Wildman–Crippen MR) is 53.0 cm³/mol. The molecule has 0 aromatic carbocycles. The number of aliphatic hydroxyl groups excluding tert-OH is 1. The highest BCUT2D eigenvalue weighted by atomic mass is 19.1. The molecule has 0 saturated carbocycles. The first-order valence-electron chi connectivity index (χ1n) is 4.60. The van der Waals surface area contributed by atoms with Crippen molar-refractivity contribution < 1.29 is 14.2 Å². The Hall–Kier alpha value is -1.27. The molecule has 0 saturated heterocycles. The van der Waals surface area contributed by atoms with Gasteiger partial charge >= 0.3 is 0 Å². The molecular formula is C9H14FN3O2. The molecule has 2 N–H and O–H groups in total. The zero-order valence-corrected chi connectivity index (χ0v) is 8.48. The van der Waals surface area contributed by atoms with Gasteiger partial charge in [0.05, 0.1) is 25.0 Å². The van der Waals surface area contributed by atoms with E-state index in [0.717, 1.165) is 12.4 Å². The summed E-state index contributed by atoms with van der Waals surface area (Å²) in [6.45, 7) is 0.476. The fraction of sp³-hybridized carbons (Fsp3) is 0.556. The molecule has 5 nitrogen and oxygen atoms in total. The molecule has 0 aliphatic carbocycles. The Bertz CT molecular complexity index is 275. The van der Waals surface area contributed by atoms with Gasteiger partial charge in [0.2, 0.25) is 5.95 Å². The molecule has 0 aliphatic rings. The first kappa shape index (κ1) is 11.8. The largest absolute Gasteiger partial charge is 0.396 e. The van der Waals surface area contributed by atoms with Gasteiger partial charge in [-0.2, -0.15) is 0 Å². The minimum absolute atomic E-state index is 0.0439. The standard InChI is InChI=1S/C9H14FN3O2/c1-15-6-8(2-3-14)13-9-11-4-7(10)5-12-9/h4-5,8,14H,2-3,6H2,1H3,(H,11,12,13). The Labute approximate surface area is 87.3 Å². The topological polar surface area (TPSA) is 67.3 Å². The fourth-order valence-electron chi connectivity index (χ4n) is 1.12. The first-order valence-corrected chi connectivity index (χ1v) is 4.60. The molecule has 0 aliphatic heterocycles. The molecule has 1 atom stereocenters. The van der Waals surface area contributed by atoms with Gasteiger partial charge in [0, 0.05) is 13.7 Å². The summed E-state index contributed by atoms with van der Waals surface area (Å²) >= 11 is 0. The van der Waals surface area contributed by atoms with Crippen LogP contribution in [0, 0.1) is 5.82 Å². The lowest BCUT2D eigenvalue weighted by Crippen LogP contribution is -2.27. The summed E-state index contributed by atoms with van der Waals surface area (Å²) in [5, 5.41) is 11.7. The van der Waals surface area contributed by atoms with Crippen molar-refractivity contribution in [2.24, 2.45) is 0 Å². The lowest BCUT2D eigenvalue weighted by atomic mass is 10.2. The van der Waals surface area contributed by atoms with Crippen LogP contribution in [-0.2, 0) is 4.74 Å². The van der Waals surface area contributed by atoms with Crippen LogP contribution in [-0.4, -0.2) is 41.4 Å². The molecule has 0 radical (unpaired) electrons. The highest BCUT2D eigenvalue weighted by Crippen LogP contribution is 2.03. The zero-order chi connectivity index (χ0) is 11.1. The van der Waals surface area contributed by atoms with E-state index in [0.29, 0.717) is 19.0 Å². The zero-order valence-electron chi connectivity index (χ0n) is 8.48. The second kappa shape index (κ2) is 6.26. The highest BCUT2D eigenvalue weighted by Gasteiger charge is 2.08. The normalized spacial score (nSPS) is 12.5. The Morgan fingerprint density at radius 1 is 1.53 bits per heavy atom. The summed E-state index contributed by atoms with van der Waals surface area (Å²) in [4.78, 5) is 7.50. The van der Waals surface area contributed by atoms with Crippen LogP contribution in [0.3, 0.4) is 0 Å². The van der Waals surface area contributed by atoms with Crippen LogP contribution in [0.4, 0.5) is 10.3 Å². The van der Waals surface area contributed by atoms with Gasteiger partial charge in [-0.05, 0) is 6.42 Å².